The highest BCUT2D eigenvalue weighted by molar-refractivity contribution is 7.90. The molecule has 3 aromatic carbocycles. The van der Waals surface area contributed by atoms with E-state index < -0.39 is 23.1 Å². The average Bonchev–Trinajstić information content (AvgIpc) is 3.16. The normalized spacial score (nSPS) is 13.5. The number of carbonyl (C=O) groups excluding carboxylic acids is 1. The van der Waals surface area contributed by atoms with E-state index in [4.69, 9.17) is 16.3 Å². The molecule has 33 heavy (non-hydrogen) atoms. The van der Waals surface area contributed by atoms with Gasteiger partial charge in [-0.05, 0) is 43.9 Å². The Balaban J connectivity index is 2.19. The third-order valence-electron chi connectivity index (χ3n) is 5.29. The predicted octanol–water partition coefficient (Wildman–Crippen LogP) is 4.65. The van der Waals surface area contributed by atoms with Crippen LogP contribution in [-0.2, 0) is 19.3 Å². The number of hydrogen-bond acceptors (Lipinski definition) is 5. The molecule has 0 aliphatic rings. The smallest absolute Gasteiger partial charge is 0.356 e. The monoisotopic (exact) mass is 501 g/mol. The zero-order valence-corrected chi connectivity index (χ0v) is 20.4. The first kappa shape index (κ1) is 23.3. The molecule has 0 saturated heterocycles. The predicted molar refractivity (Wildman–Crippen MR) is 131 cm³/mol. The minimum Gasteiger partial charge on any atom is -0.461 e. The van der Waals surface area contributed by atoms with Gasteiger partial charge in [-0.1, -0.05) is 60.1 Å². The highest BCUT2D eigenvalue weighted by Crippen LogP contribution is 2.45. The Morgan fingerprint density at radius 2 is 1.61 bits per heavy atom. The SMILES string of the molecule is CCOC(=O)c1c(P(C)(=O)c2ccccc2)c2cc(Cl)ccc2n1S(=O)(=O)c1ccccc1. The molecule has 0 N–H and O–H groups in total. The zero-order chi connectivity index (χ0) is 23.8. The standard InChI is InChI=1S/C24H21ClNO5PS/c1-3-31-24(27)22-23(32(2,28)18-10-6-4-7-11-18)20-16-17(25)14-15-21(20)26(22)33(29,30)19-12-8-5-9-13-19/h4-16H,3H2,1-2H3. The van der Waals surface area contributed by atoms with Gasteiger partial charge in [-0.2, -0.15) is 0 Å². The fourth-order valence-corrected chi connectivity index (χ4v) is 7.83. The van der Waals surface area contributed by atoms with Crippen molar-refractivity contribution in [2.75, 3.05) is 13.3 Å². The molecule has 1 aromatic heterocycles. The molecular weight excluding hydrogens is 481 g/mol. The van der Waals surface area contributed by atoms with Crippen molar-refractivity contribution in [2.45, 2.75) is 11.8 Å². The van der Waals surface area contributed by atoms with E-state index in [1.165, 1.54) is 37.0 Å². The van der Waals surface area contributed by atoms with Crippen molar-refractivity contribution in [3.8, 4) is 0 Å². The summed E-state index contributed by atoms with van der Waals surface area (Å²) in [5.74, 6) is -0.877. The van der Waals surface area contributed by atoms with Gasteiger partial charge in [0, 0.05) is 15.7 Å². The lowest BCUT2D eigenvalue weighted by atomic mass is 10.2. The van der Waals surface area contributed by atoms with Crippen molar-refractivity contribution < 1.29 is 22.5 Å². The number of aromatic nitrogens is 1. The second-order valence-electron chi connectivity index (χ2n) is 7.42. The Morgan fingerprint density at radius 3 is 2.21 bits per heavy atom. The molecule has 0 aliphatic heterocycles. The average molecular weight is 502 g/mol. The van der Waals surface area contributed by atoms with Crippen LogP contribution in [0.4, 0.5) is 0 Å². The van der Waals surface area contributed by atoms with E-state index in [0.29, 0.717) is 15.7 Å². The van der Waals surface area contributed by atoms with Crippen LogP contribution >= 0.6 is 18.7 Å². The summed E-state index contributed by atoms with van der Waals surface area (Å²) in [5, 5.41) is 1.22. The van der Waals surface area contributed by atoms with E-state index in [-0.39, 0.29) is 28.0 Å². The highest BCUT2D eigenvalue weighted by atomic mass is 35.5. The van der Waals surface area contributed by atoms with Gasteiger partial charge >= 0.3 is 5.97 Å². The number of benzene rings is 3. The molecule has 4 aromatic rings. The van der Waals surface area contributed by atoms with E-state index in [2.05, 4.69) is 0 Å². The summed E-state index contributed by atoms with van der Waals surface area (Å²) in [6.07, 6.45) is 0. The van der Waals surface area contributed by atoms with E-state index in [9.17, 15) is 17.8 Å². The van der Waals surface area contributed by atoms with Crippen LogP contribution in [0.25, 0.3) is 10.9 Å². The summed E-state index contributed by atoms with van der Waals surface area (Å²) in [5.41, 5.74) is -0.0908. The first-order valence-corrected chi connectivity index (χ1v) is 14.1. The summed E-state index contributed by atoms with van der Waals surface area (Å²) in [4.78, 5) is 13.2. The number of rotatable bonds is 6. The van der Waals surface area contributed by atoms with Crippen LogP contribution in [0.1, 0.15) is 17.4 Å². The number of halogens is 1. The van der Waals surface area contributed by atoms with Crippen LogP contribution in [0.15, 0.2) is 83.8 Å². The van der Waals surface area contributed by atoms with Crippen LogP contribution < -0.4 is 10.6 Å². The lowest BCUT2D eigenvalue weighted by Gasteiger charge is -2.16. The summed E-state index contributed by atoms with van der Waals surface area (Å²) < 4.78 is 48.0. The Kier molecular flexibility index (Phi) is 6.23. The number of hydrogen-bond donors (Lipinski definition) is 0. The fourth-order valence-electron chi connectivity index (χ4n) is 3.82. The van der Waals surface area contributed by atoms with Gasteiger partial charge in [0.05, 0.1) is 22.3 Å². The molecule has 0 aliphatic carbocycles. The molecule has 0 bridgehead atoms. The van der Waals surface area contributed by atoms with Gasteiger partial charge in [-0.3, -0.25) is 0 Å². The molecule has 0 spiro atoms. The maximum Gasteiger partial charge on any atom is 0.356 e. The maximum atomic E-state index is 14.3. The molecule has 6 nitrogen and oxygen atoms in total. The van der Waals surface area contributed by atoms with Crippen LogP contribution in [0.5, 0.6) is 0 Å². The van der Waals surface area contributed by atoms with Crippen LogP contribution in [0.3, 0.4) is 0 Å². The molecule has 1 unspecified atom stereocenters. The van der Waals surface area contributed by atoms with Gasteiger partial charge in [0.2, 0.25) is 0 Å². The highest BCUT2D eigenvalue weighted by Gasteiger charge is 2.38. The van der Waals surface area contributed by atoms with Gasteiger partial charge < -0.3 is 9.30 Å². The van der Waals surface area contributed by atoms with Crippen molar-refractivity contribution in [1.82, 2.24) is 3.97 Å². The molecule has 170 valence electrons. The van der Waals surface area contributed by atoms with Crippen molar-refractivity contribution in [3.63, 3.8) is 0 Å². The van der Waals surface area contributed by atoms with Crippen LogP contribution in [0, 0.1) is 0 Å². The van der Waals surface area contributed by atoms with Crippen molar-refractivity contribution in [1.29, 1.82) is 0 Å². The molecule has 0 fully saturated rings. The van der Waals surface area contributed by atoms with Crippen molar-refractivity contribution in [3.05, 3.63) is 89.6 Å². The summed E-state index contributed by atoms with van der Waals surface area (Å²) in [6.45, 7) is 3.15. The molecule has 0 saturated carbocycles. The van der Waals surface area contributed by atoms with Gasteiger partial charge in [0.1, 0.15) is 7.14 Å². The molecule has 0 amide bonds. The first-order valence-electron chi connectivity index (χ1n) is 10.1. The zero-order valence-electron chi connectivity index (χ0n) is 17.9. The third-order valence-corrected chi connectivity index (χ3v) is 9.84. The van der Waals surface area contributed by atoms with Crippen molar-refractivity contribution >= 4 is 56.2 Å². The summed E-state index contributed by atoms with van der Waals surface area (Å²) in [6, 6.07) is 21.0. The summed E-state index contributed by atoms with van der Waals surface area (Å²) in [7, 11) is -7.71. The van der Waals surface area contributed by atoms with E-state index in [0.717, 1.165) is 3.97 Å². The lowest BCUT2D eigenvalue weighted by molar-refractivity contribution is 0.0520. The molecule has 1 atom stereocenters. The van der Waals surface area contributed by atoms with E-state index >= 15 is 0 Å². The topological polar surface area (TPSA) is 82.4 Å². The number of nitrogens with zero attached hydrogens (tertiary/aromatic N) is 1. The molecule has 1 heterocycles. The first-order chi connectivity index (χ1) is 15.7. The number of fused-ring (bicyclic) bond motifs is 1. The minimum atomic E-state index is -4.24. The number of carbonyl (C=O) groups is 1. The fraction of sp³-hybridized carbons (Fsp3) is 0.125. The van der Waals surface area contributed by atoms with E-state index in [1.54, 1.807) is 55.5 Å². The number of ether oxygens (including phenoxy) is 1. The second-order valence-corrected chi connectivity index (χ2v) is 12.5. The molecule has 9 heteroatoms. The maximum absolute atomic E-state index is 14.3. The Morgan fingerprint density at radius 1 is 1.00 bits per heavy atom. The second kappa shape index (κ2) is 8.82. The molecule has 0 radical (unpaired) electrons. The van der Waals surface area contributed by atoms with Crippen LogP contribution in [0.2, 0.25) is 5.02 Å². The Labute approximate surface area is 197 Å². The Hall–Kier alpha value is -2.86. The number of esters is 1. The van der Waals surface area contributed by atoms with E-state index in [1.807, 2.05) is 0 Å². The van der Waals surface area contributed by atoms with Crippen molar-refractivity contribution in [2.24, 2.45) is 0 Å². The van der Waals surface area contributed by atoms with Gasteiger partial charge in [0.15, 0.2) is 5.69 Å². The quantitative estimate of drug-likeness (QED) is 0.284. The lowest BCUT2D eigenvalue weighted by Crippen LogP contribution is -2.27. The largest absolute Gasteiger partial charge is 0.461 e. The molecule has 4 rings (SSSR count). The van der Waals surface area contributed by atoms with Crippen LogP contribution in [-0.4, -0.2) is 31.6 Å². The van der Waals surface area contributed by atoms with Gasteiger partial charge in [-0.25, -0.2) is 17.2 Å². The van der Waals surface area contributed by atoms with Gasteiger partial charge in [-0.15, -0.1) is 0 Å². The minimum absolute atomic E-state index is 0.0143. The van der Waals surface area contributed by atoms with Gasteiger partial charge in [0.25, 0.3) is 10.0 Å². The molecular formula is C24H21ClNO5PS. The summed E-state index contributed by atoms with van der Waals surface area (Å²) >= 11 is 6.26. The third kappa shape index (κ3) is 4.01. The Bertz CT molecular complexity index is 1500.